The smallest absolute Gasteiger partial charge is 0.0743 e. The standard InChI is InChI=1S/C11H23NO/c1-5-11(4,13)8-12-6-10(7-12)9(2)3/h9-10,13H,5-8H2,1-4H3. The number of hydrogen-bond acceptors (Lipinski definition) is 2. The van der Waals surface area contributed by atoms with Crippen LogP contribution in [0, 0.1) is 11.8 Å². The van der Waals surface area contributed by atoms with E-state index in [1.54, 1.807) is 0 Å². The maximum absolute atomic E-state index is 9.84. The topological polar surface area (TPSA) is 23.5 Å². The van der Waals surface area contributed by atoms with Gasteiger partial charge in [0.2, 0.25) is 0 Å². The zero-order valence-corrected chi connectivity index (χ0v) is 9.38. The fourth-order valence-corrected chi connectivity index (χ4v) is 1.75. The summed E-state index contributed by atoms with van der Waals surface area (Å²) in [5.41, 5.74) is -0.484. The van der Waals surface area contributed by atoms with Gasteiger partial charge in [0.25, 0.3) is 0 Å². The summed E-state index contributed by atoms with van der Waals surface area (Å²) >= 11 is 0. The third-order valence-electron chi connectivity index (χ3n) is 3.25. The first kappa shape index (κ1) is 11.0. The lowest BCUT2D eigenvalue weighted by Gasteiger charge is -2.44. The molecule has 1 fully saturated rings. The second kappa shape index (κ2) is 3.97. The van der Waals surface area contributed by atoms with Crippen LogP contribution in [0.4, 0.5) is 0 Å². The Morgan fingerprint density at radius 3 is 2.38 bits per heavy atom. The first-order valence-corrected chi connectivity index (χ1v) is 5.39. The molecule has 0 radical (unpaired) electrons. The number of nitrogens with zero attached hydrogens (tertiary/aromatic N) is 1. The third kappa shape index (κ3) is 2.96. The van der Waals surface area contributed by atoms with Gasteiger partial charge in [-0.3, -0.25) is 4.90 Å². The molecule has 1 N–H and O–H groups in total. The molecule has 2 nitrogen and oxygen atoms in total. The van der Waals surface area contributed by atoms with Gasteiger partial charge < -0.3 is 5.11 Å². The Bertz CT molecular complexity index is 159. The van der Waals surface area contributed by atoms with Gasteiger partial charge in [0.05, 0.1) is 5.60 Å². The van der Waals surface area contributed by atoms with E-state index in [0.717, 1.165) is 24.8 Å². The molecule has 0 aromatic rings. The second-order valence-corrected chi connectivity index (χ2v) is 5.05. The predicted octanol–water partition coefficient (Wildman–Crippen LogP) is 1.74. The van der Waals surface area contributed by atoms with Crippen molar-refractivity contribution < 1.29 is 5.11 Å². The molecule has 1 aliphatic rings. The van der Waals surface area contributed by atoms with E-state index in [2.05, 4.69) is 18.7 Å². The van der Waals surface area contributed by atoms with E-state index >= 15 is 0 Å². The molecule has 0 spiro atoms. The van der Waals surface area contributed by atoms with Crippen LogP contribution in [0.25, 0.3) is 0 Å². The zero-order chi connectivity index (χ0) is 10.1. The molecule has 2 heteroatoms. The average molecular weight is 185 g/mol. The lowest BCUT2D eigenvalue weighted by molar-refractivity contribution is -0.0306. The van der Waals surface area contributed by atoms with Crippen molar-refractivity contribution in [2.75, 3.05) is 19.6 Å². The van der Waals surface area contributed by atoms with Gasteiger partial charge >= 0.3 is 0 Å². The van der Waals surface area contributed by atoms with Crippen LogP contribution >= 0.6 is 0 Å². The first-order chi connectivity index (χ1) is 5.94. The van der Waals surface area contributed by atoms with Gasteiger partial charge in [0, 0.05) is 19.6 Å². The van der Waals surface area contributed by atoms with Gasteiger partial charge in [-0.15, -0.1) is 0 Å². The highest BCUT2D eigenvalue weighted by Crippen LogP contribution is 2.25. The van der Waals surface area contributed by atoms with E-state index in [1.807, 2.05) is 13.8 Å². The van der Waals surface area contributed by atoms with Crippen LogP contribution in [-0.2, 0) is 0 Å². The first-order valence-electron chi connectivity index (χ1n) is 5.39. The predicted molar refractivity (Wildman–Crippen MR) is 55.7 cm³/mol. The Hall–Kier alpha value is -0.0800. The lowest BCUT2D eigenvalue weighted by atomic mass is 9.87. The summed E-state index contributed by atoms with van der Waals surface area (Å²) in [5.74, 6) is 1.65. The van der Waals surface area contributed by atoms with Crippen LogP contribution in [0.15, 0.2) is 0 Å². The van der Waals surface area contributed by atoms with Crippen LogP contribution in [0.2, 0.25) is 0 Å². The van der Waals surface area contributed by atoms with Gasteiger partial charge in [-0.1, -0.05) is 20.8 Å². The molecular weight excluding hydrogens is 162 g/mol. The highest BCUT2D eigenvalue weighted by molar-refractivity contribution is 4.86. The highest BCUT2D eigenvalue weighted by atomic mass is 16.3. The molecule has 1 atom stereocenters. The Morgan fingerprint density at radius 1 is 1.46 bits per heavy atom. The van der Waals surface area contributed by atoms with Crippen molar-refractivity contribution in [1.82, 2.24) is 4.90 Å². The van der Waals surface area contributed by atoms with Crippen LogP contribution in [0.5, 0.6) is 0 Å². The van der Waals surface area contributed by atoms with Crippen molar-refractivity contribution in [3.63, 3.8) is 0 Å². The van der Waals surface area contributed by atoms with E-state index < -0.39 is 5.60 Å². The molecule has 0 aromatic heterocycles. The maximum Gasteiger partial charge on any atom is 0.0743 e. The number of β-amino-alcohol motifs (C(OH)–C–C–N with tert-alkyl or cyclic N) is 1. The van der Waals surface area contributed by atoms with Gasteiger partial charge in [0.15, 0.2) is 0 Å². The molecule has 1 unspecified atom stereocenters. The number of likely N-dealkylation sites (tertiary alicyclic amines) is 1. The monoisotopic (exact) mass is 185 g/mol. The molecule has 1 saturated heterocycles. The molecule has 0 bridgehead atoms. The largest absolute Gasteiger partial charge is 0.389 e. The van der Waals surface area contributed by atoms with Crippen molar-refractivity contribution in [2.45, 2.75) is 39.7 Å². The average Bonchev–Trinajstić information content (AvgIpc) is 1.95. The minimum absolute atomic E-state index is 0.484. The zero-order valence-electron chi connectivity index (χ0n) is 9.38. The van der Waals surface area contributed by atoms with Crippen LogP contribution in [-0.4, -0.2) is 35.2 Å². The van der Waals surface area contributed by atoms with E-state index in [-0.39, 0.29) is 0 Å². The normalized spacial score (nSPS) is 24.5. The second-order valence-electron chi connectivity index (χ2n) is 5.05. The minimum Gasteiger partial charge on any atom is -0.389 e. The Kier molecular flexibility index (Phi) is 3.36. The fourth-order valence-electron chi connectivity index (χ4n) is 1.75. The quantitative estimate of drug-likeness (QED) is 0.721. The summed E-state index contributed by atoms with van der Waals surface area (Å²) in [6.45, 7) is 11.7. The summed E-state index contributed by atoms with van der Waals surface area (Å²) < 4.78 is 0. The van der Waals surface area contributed by atoms with E-state index in [4.69, 9.17) is 0 Å². The van der Waals surface area contributed by atoms with Gasteiger partial charge in [-0.25, -0.2) is 0 Å². The molecule has 1 rings (SSSR count). The van der Waals surface area contributed by atoms with E-state index in [9.17, 15) is 5.11 Å². The Balaban J connectivity index is 2.21. The van der Waals surface area contributed by atoms with E-state index in [1.165, 1.54) is 13.1 Å². The molecule has 78 valence electrons. The van der Waals surface area contributed by atoms with Gasteiger partial charge in [0.1, 0.15) is 0 Å². The van der Waals surface area contributed by atoms with Crippen molar-refractivity contribution in [1.29, 1.82) is 0 Å². The minimum atomic E-state index is -0.484. The van der Waals surface area contributed by atoms with Crippen LogP contribution in [0.1, 0.15) is 34.1 Å². The molecule has 1 aliphatic heterocycles. The SMILES string of the molecule is CCC(C)(O)CN1CC(C(C)C)C1. The third-order valence-corrected chi connectivity index (χ3v) is 3.25. The molecule has 1 heterocycles. The Morgan fingerprint density at radius 2 is 2.00 bits per heavy atom. The molecule has 0 aromatic carbocycles. The summed E-state index contributed by atoms with van der Waals surface area (Å²) in [7, 11) is 0. The maximum atomic E-state index is 9.84. The summed E-state index contributed by atoms with van der Waals surface area (Å²) in [4.78, 5) is 2.36. The van der Waals surface area contributed by atoms with Crippen molar-refractivity contribution >= 4 is 0 Å². The fraction of sp³-hybridized carbons (Fsp3) is 1.00. The molecule has 0 amide bonds. The molecule has 0 saturated carbocycles. The van der Waals surface area contributed by atoms with E-state index in [0.29, 0.717) is 0 Å². The molecule has 0 aliphatic carbocycles. The summed E-state index contributed by atoms with van der Waals surface area (Å²) in [6, 6.07) is 0. The lowest BCUT2D eigenvalue weighted by Crippen LogP contribution is -2.54. The number of rotatable bonds is 4. The number of hydrogen-bond donors (Lipinski definition) is 1. The Labute approximate surface area is 81.9 Å². The highest BCUT2D eigenvalue weighted by Gasteiger charge is 2.32. The van der Waals surface area contributed by atoms with Crippen molar-refractivity contribution in [3.05, 3.63) is 0 Å². The van der Waals surface area contributed by atoms with Crippen LogP contribution < -0.4 is 0 Å². The molecule has 13 heavy (non-hydrogen) atoms. The van der Waals surface area contributed by atoms with Crippen molar-refractivity contribution in [3.8, 4) is 0 Å². The summed E-state index contributed by atoms with van der Waals surface area (Å²) in [5, 5.41) is 9.84. The van der Waals surface area contributed by atoms with Crippen molar-refractivity contribution in [2.24, 2.45) is 11.8 Å². The number of aliphatic hydroxyl groups is 1. The van der Waals surface area contributed by atoms with Gasteiger partial charge in [-0.2, -0.15) is 0 Å². The summed E-state index contributed by atoms with van der Waals surface area (Å²) in [6.07, 6.45) is 0.843. The van der Waals surface area contributed by atoms with Crippen LogP contribution in [0.3, 0.4) is 0 Å². The van der Waals surface area contributed by atoms with Gasteiger partial charge in [-0.05, 0) is 25.2 Å². The molecular formula is C11H23NO.